The standard InChI is InChI=1S/C17H24BrNO2/c1-12(2)10-17(8-3-4-9-17)11-19-14-7-5-6-13(18)15(14)16(20)21/h5-7,12,19H,3-4,8-11H2,1-2H3,(H,20,21). The molecule has 0 radical (unpaired) electrons. The van der Waals surface area contributed by atoms with Crippen LogP contribution in [0, 0.1) is 11.3 Å². The van der Waals surface area contributed by atoms with E-state index in [1.165, 1.54) is 32.1 Å². The molecule has 0 aromatic heterocycles. The molecule has 0 aliphatic heterocycles. The number of anilines is 1. The summed E-state index contributed by atoms with van der Waals surface area (Å²) in [6.45, 7) is 5.39. The van der Waals surface area contributed by atoms with Gasteiger partial charge in [0.05, 0.1) is 5.56 Å². The van der Waals surface area contributed by atoms with Crippen molar-refractivity contribution in [3.05, 3.63) is 28.2 Å². The molecular formula is C17H24BrNO2. The van der Waals surface area contributed by atoms with Crippen LogP contribution in [0.3, 0.4) is 0 Å². The normalized spacial score (nSPS) is 17.1. The highest BCUT2D eigenvalue weighted by Gasteiger charge is 2.34. The SMILES string of the molecule is CC(C)CC1(CNc2cccc(Br)c2C(=O)O)CCCC1. The molecule has 0 spiro atoms. The fraction of sp³-hybridized carbons (Fsp3) is 0.588. The summed E-state index contributed by atoms with van der Waals surface area (Å²) in [5, 5.41) is 12.8. The van der Waals surface area contributed by atoms with Gasteiger partial charge >= 0.3 is 5.97 Å². The van der Waals surface area contributed by atoms with Crippen molar-refractivity contribution >= 4 is 27.6 Å². The summed E-state index contributed by atoms with van der Waals surface area (Å²) in [4.78, 5) is 11.4. The zero-order valence-corrected chi connectivity index (χ0v) is 14.4. The molecule has 0 heterocycles. The first kappa shape index (κ1) is 16.3. The maximum atomic E-state index is 11.4. The number of carboxylic acid groups (broad SMARTS) is 1. The lowest BCUT2D eigenvalue weighted by molar-refractivity contribution is 0.0697. The van der Waals surface area contributed by atoms with E-state index < -0.39 is 5.97 Å². The molecule has 0 atom stereocenters. The average Bonchev–Trinajstić information content (AvgIpc) is 2.84. The minimum absolute atomic E-state index is 0.326. The summed E-state index contributed by atoms with van der Waals surface area (Å²) in [7, 11) is 0. The van der Waals surface area contributed by atoms with Crippen LogP contribution in [0.5, 0.6) is 0 Å². The molecule has 1 aliphatic rings. The van der Waals surface area contributed by atoms with Crippen molar-refractivity contribution in [1.82, 2.24) is 0 Å². The number of carboxylic acids is 1. The minimum atomic E-state index is -0.894. The summed E-state index contributed by atoms with van der Waals surface area (Å²) in [5.41, 5.74) is 1.37. The molecule has 21 heavy (non-hydrogen) atoms. The maximum absolute atomic E-state index is 11.4. The maximum Gasteiger partial charge on any atom is 0.338 e. The Morgan fingerprint density at radius 2 is 2.05 bits per heavy atom. The Bertz CT molecular complexity index is 508. The molecule has 1 aromatic rings. The molecule has 1 saturated carbocycles. The van der Waals surface area contributed by atoms with Gasteiger partial charge in [0.25, 0.3) is 0 Å². The van der Waals surface area contributed by atoms with Gasteiger partial charge in [-0.1, -0.05) is 32.8 Å². The van der Waals surface area contributed by atoms with Gasteiger partial charge in [0.2, 0.25) is 0 Å². The van der Waals surface area contributed by atoms with Gasteiger partial charge in [0.1, 0.15) is 0 Å². The highest BCUT2D eigenvalue weighted by atomic mass is 79.9. The third kappa shape index (κ3) is 4.00. The van der Waals surface area contributed by atoms with Crippen LogP contribution in [0.2, 0.25) is 0 Å². The summed E-state index contributed by atoms with van der Waals surface area (Å²) < 4.78 is 0.629. The van der Waals surface area contributed by atoms with Gasteiger partial charge in [0, 0.05) is 16.7 Å². The highest BCUT2D eigenvalue weighted by Crippen LogP contribution is 2.43. The van der Waals surface area contributed by atoms with Crippen molar-refractivity contribution in [2.45, 2.75) is 46.0 Å². The number of nitrogens with one attached hydrogen (secondary N) is 1. The third-order valence-electron chi connectivity index (χ3n) is 4.39. The molecule has 2 N–H and O–H groups in total. The lowest BCUT2D eigenvalue weighted by Gasteiger charge is -2.32. The zero-order chi connectivity index (χ0) is 15.5. The Hall–Kier alpha value is -1.03. The van der Waals surface area contributed by atoms with Gasteiger partial charge in [-0.05, 0) is 58.7 Å². The molecule has 1 aliphatic carbocycles. The second-order valence-electron chi connectivity index (χ2n) is 6.63. The molecular weight excluding hydrogens is 330 g/mol. The largest absolute Gasteiger partial charge is 0.478 e. The Balaban J connectivity index is 2.15. The first-order valence-electron chi connectivity index (χ1n) is 7.69. The number of carbonyl (C=O) groups is 1. The van der Waals surface area contributed by atoms with E-state index in [-0.39, 0.29) is 0 Å². The fourth-order valence-electron chi connectivity index (χ4n) is 3.62. The van der Waals surface area contributed by atoms with E-state index in [2.05, 4.69) is 35.1 Å². The van der Waals surface area contributed by atoms with Crippen LogP contribution in [0.4, 0.5) is 5.69 Å². The van der Waals surface area contributed by atoms with Gasteiger partial charge in [-0.25, -0.2) is 4.79 Å². The average molecular weight is 354 g/mol. The minimum Gasteiger partial charge on any atom is -0.478 e. The zero-order valence-electron chi connectivity index (χ0n) is 12.8. The molecule has 0 amide bonds. The van der Waals surface area contributed by atoms with E-state index >= 15 is 0 Å². The number of benzene rings is 1. The smallest absolute Gasteiger partial charge is 0.338 e. The predicted octanol–water partition coefficient (Wildman–Crippen LogP) is 5.17. The number of aromatic carboxylic acids is 1. The van der Waals surface area contributed by atoms with Crippen molar-refractivity contribution < 1.29 is 9.90 Å². The third-order valence-corrected chi connectivity index (χ3v) is 5.05. The van der Waals surface area contributed by atoms with Crippen LogP contribution in [0.15, 0.2) is 22.7 Å². The van der Waals surface area contributed by atoms with E-state index in [0.29, 0.717) is 27.1 Å². The van der Waals surface area contributed by atoms with Crippen molar-refractivity contribution in [3.8, 4) is 0 Å². The van der Waals surface area contributed by atoms with Crippen molar-refractivity contribution in [3.63, 3.8) is 0 Å². The summed E-state index contributed by atoms with van der Waals surface area (Å²) in [5.74, 6) is -0.222. The van der Waals surface area contributed by atoms with Crippen LogP contribution < -0.4 is 5.32 Å². The molecule has 116 valence electrons. The molecule has 3 nitrogen and oxygen atoms in total. The van der Waals surface area contributed by atoms with Crippen LogP contribution in [-0.2, 0) is 0 Å². The molecule has 0 saturated heterocycles. The molecule has 4 heteroatoms. The van der Waals surface area contributed by atoms with Crippen LogP contribution in [-0.4, -0.2) is 17.6 Å². The van der Waals surface area contributed by atoms with E-state index in [1.807, 2.05) is 12.1 Å². The van der Waals surface area contributed by atoms with Gasteiger partial charge in [-0.2, -0.15) is 0 Å². The first-order valence-corrected chi connectivity index (χ1v) is 8.48. The summed E-state index contributed by atoms with van der Waals surface area (Å²) in [6.07, 6.45) is 6.27. The molecule has 1 fully saturated rings. The molecule has 2 rings (SSSR count). The van der Waals surface area contributed by atoms with Crippen molar-refractivity contribution in [2.24, 2.45) is 11.3 Å². The first-order chi connectivity index (χ1) is 9.93. The summed E-state index contributed by atoms with van der Waals surface area (Å²) in [6, 6.07) is 5.50. The fourth-order valence-corrected chi connectivity index (χ4v) is 4.15. The van der Waals surface area contributed by atoms with Crippen molar-refractivity contribution in [2.75, 3.05) is 11.9 Å². The Morgan fingerprint density at radius 1 is 1.38 bits per heavy atom. The van der Waals surface area contributed by atoms with Gasteiger partial charge < -0.3 is 10.4 Å². The number of hydrogen-bond donors (Lipinski definition) is 2. The van der Waals surface area contributed by atoms with Gasteiger partial charge in [-0.15, -0.1) is 0 Å². The monoisotopic (exact) mass is 353 g/mol. The van der Waals surface area contributed by atoms with E-state index in [4.69, 9.17) is 0 Å². The van der Waals surface area contributed by atoms with E-state index in [1.54, 1.807) is 6.07 Å². The molecule has 1 aromatic carbocycles. The Kier molecular flexibility index (Phi) is 5.31. The lowest BCUT2D eigenvalue weighted by atomic mass is 9.78. The topological polar surface area (TPSA) is 49.3 Å². The Labute approximate surface area is 135 Å². The molecule has 0 unspecified atom stereocenters. The predicted molar refractivity (Wildman–Crippen MR) is 89.9 cm³/mol. The Morgan fingerprint density at radius 3 is 2.62 bits per heavy atom. The lowest BCUT2D eigenvalue weighted by Crippen LogP contribution is -2.29. The summed E-state index contributed by atoms with van der Waals surface area (Å²) >= 11 is 3.33. The quantitative estimate of drug-likeness (QED) is 0.741. The second-order valence-corrected chi connectivity index (χ2v) is 7.48. The second kappa shape index (κ2) is 6.82. The van der Waals surface area contributed by atoms with E-state index in [0.717, 1.165) is 6.54 Å². The van der Waals surface area contributed by atoms with Crippen molar-refractivity contribution in [1.29, 1.82) is 0 Å². The number of hydrogen-bond acceptors (Lipinski definition) is 2. The van der Waals surface area contributed by atoms with Crippen LogP contribution >= 0.6 is 15.9 Å². The molecule has 0 bridgehead atoms. The van der Waals surface area contributed by atoms with E-state index in [9.17, 15) is 9.90 Å². The van der Waals surface area contributed by atoms with Gasteiger partial charge in [-0.3, -0.25) is 0 Å². The van der Waals surface area contributed by atoms with Gasteiger partial charge in [0.15, 0.2) is 0 Å². The highest BCUT2D eigenvalue weighted by molar-refractivity contribution is 9.10. The number of halogens is 1. The van der Waals surface area contributed by atoms with Crippen LogP contribution in [0.25, 0.3) is 0 Å². The van der Waals surface area contributed by atoms with Crippen LogP contribution in [0.1, 0.15) is 56.3 Å². The number of rotatable bonds is 6.